The van der Waals surface area contributed by atoms with E-state index in [1.165, 1.54) is 0 Å². The lowest BCUT2D eigenvalue weighted by molar-refractivity contribution is -0.150. The highest BCUT2D eigenvalue weighted by Gasteiger charge is 2.52. The third kappa shape index (κ3) is 2.13. The van der Waals surface area contributed by atoms with Crippen LogP contribution in [0, 0.1) is 11.8 Å². The van der Waals surface area contributed by atoms with Crippen LogP contribution in [0.2, 0.25) is 0 Å². The fourth-order valence-corrected chi connectivity index (χ4v) is 2.87. The number of carboxylic acids is 1. The number of hydrogen-bond donors (Lipinski definition) is 1. The lowest BCUT2D eigenvalue weighted by Crippen LogP contribution is -2.49. The largest absolute Gasteiger partial charge is 0.481 e. The molecule has 1 aromatic rings. The number of hydrogen-bond acceptors (Lipinski definition) is 1. The third-order valence-corrected chi connectivity index (χ3v) is 4.50. The quantitative estimate of drug-likeness (QED) is 0.920. The minimum absolute atomic E-state index is 0.537. The Kier molecular flexibility index (Phi) is 3.30. The molecule has 92 valence electrons. The van der Waals surface area contributed by atoms with Gasteiger partial charge in [0, 0.05) is 4.47 Å². The molecule has 0 saturated heterocycles. The molecule has 0 bridgehead atoms. The standard InChI is InChI=1S/C14H17BrO2/c1-9(2)10-7-14(8-10,13(16)17)11-3-5-12(15)6-4-11/h3-6,9-10H,7-8H2,1-2H3,(H,16,17). The van der Waals surface area contributed by atoms with Crippen LogP contribution in [0.3, 0.4) is 0 Å². The SMILES string of the molecule is CC(C)C1CC(C(=O)O)(c2ccc(Br)cc2)C1. The van der Waals surface area contributed by atoms with E-state index in [0.29, 0.717) is 11.8 Å². The summed E-state index contributed by atoms with van der Waals surface area (Å²) in [4.78, 5) is 11.5. The van der Waals surface area contributed by atoms with Gasteiger partial charge >= 0.3 is 5.97 Å². The van der Waals surface area contributed by atoms with Gasteiger partial charge in [0.25, 0.3) is 0 Å². The molecule has 2 rings (SSSR count). The summed E-state index contributed by atoms with van der Waals surface area (Å²) in [6.45, 7) is 4.33. The van der Waals surface area contributed by atoms with Crippen molar-refractivity contribution >= 4 is 21.9 Å². The fraction of sp³-hybridized carbons (Fsp3) is 0.500. The molecule has 1 saturated carbocycles. The lowest BCUT2D eigenvalue weighted by Gasteiger charge is -2.46. The number of benzene rings is 1. The van der Waals surface area contributed by atoms with Crippen molar-refractivity contribution in [3.05, 3.63) is 34.3 Å². The smallest absolute Gasteiger partial charge is 0.314 e. The lowest BCUT2D eigenvalue weighted by atomic mass is 9.56. The van der Waals surface area contributed by atoms with Crippen LogP contribution >= 0.6 is 15.9 Å². The fourth-order valence-electron chi connectivity index (χ4n) is 2.61. The van der Waals surface area contributed by atoms with Crippen LogP contribution in [-0.4, -0.2) is 11.1 Å². The van der Waals surface area contributed by atoms with Gasteiger partial charge in [-0.25, -0.2) is 0 Å². The number of aliphatic carboxylic acids is 1. The van der Waals surface area contributed by atoms with Crippen molar-refractivity contribution in [2.24, 2.45) is 11.8 Å². The monoisotopic (exact) mass is 296 g/mol. The second kappa shape index (κ2) is 4.45. The highest BCUT2D eigenvalue weighted by molar-refractivity contribution is 9.10. The van der Waals surface area contributed by atoms with E-state index in [1.807, 2.05) is 24.3 Å². The third-order valence-electron chi connectivity index (χ3n) is 3.97. The molecule has 1 aliphatic carbocycles. The van der Waals surface area contributed by atoms with Crippen LogP contribution in [0.4, 0.5) is 0 Å². The molecule has 1 N–H and O–H groups in total. The van der Waals surface area contributed by atoms with Crippen LogP contribution in [0.5, 0.6) is 0 Å². The Hall–Kier alpha value is -0.830. The summed E-state index contributed by atoms with van der Waals surface area (Å²) in [6, 6.07) is 7.69. The summed E-state index contributed by atoms with van der Waals surface area (Å²) in [6.07, 6.45) is 1.53. The summed E-state index contributed by atoms with van der Waals surface area (Å²) in [5.74, 6) is 0.421. The first-order chi connectivity index (χ1) is 7.95. The molecule has 0 spiro atoms. The molecule has 2 nitrogen and oxygen atoms in total. The Morgan fingerprint density at radius 3 is 2.29 bits per heavy atom. The molecule has 17 heavy (non-hydrogen) atoms. The zero-order chi connectivity index (χ0) is 12.6. The summed E-state index contributed by atoms with van der Waals surface area (Å²) in [5.41, 5.74) is 0.292. The first-order valence-corrected chi connectivity index (χ1v) is 6.74. The highest BCUT2D eigenvalue weighted by Crippen LogP contribution is 2.50. The van der Waals surface area contributed by atoms with Crippen molar-refractivity contribution in [2.75, 3.05) is 0 Å². The second-order valence-electron chi connectivity index (χ2n) is 5.31. The first-order valence-electron chi connectivity index (χ1n) is 5.95. The van der Waals surface area contributed by atoms with Crippen molar-refractivity contribution < 1.29 is 9.90 Å². The summed E-state index contributed by atoms with van der Waals surface area (Å²) < 4.78 is 0.988. The average molecular weight is 297 g/mol. The van der Waals surface area contributed by atoms with E-state index in [0.717, 1.165) is 22.9 Å². The van der Waals surface area contributed by atoms with E-state index >= 15 is 0 Å². The Morgan fingerprint density at radius 1 is 1.35 bits per heavy atom. The Balaban J connectivity index is 2.26. The average Bonchev–Trinajstić information content (AvgIpc) is 2.18. The van der Waals surface area contributed by atoms with Crippen LogP contribution in [0.15, 0.2) is 28.7 Å². The van der Waals surface area contributed by atoms with Gasteiger partial charge in [-0.1, -0.05) is 41.9 Å². The number of rotatable bonds is 3. The maximum absolute atomic E-state index is 11.5. The van der Waals surface area contributed by atoms with Gasteiger partial charge in [0.05, 0.1) is 5.41 Å². The molecule has 1 aliphatic rings. The van der Waals surface area contributed by atoms with Gasteiger partial charge in [-0.2, -0.15) is 0 Å². The van der Waals surface area contributed by atoms with Gasteiger partial charge in [-0.15, -0.1) is 0 Å². The minimum Gasteiger partial charge on any atom is -0.481 e. The Morgan fingerprint density at radius 2 is 1.88 bits per heavy atom. The molecule has 0 radical (unpaired) electrons. The molecule has 0 aromatic heterocycles. The second-order valence-corrected chi connectivity index (χ2v) is 6.22. The van der Waals surface area contributed by atoms with Gasteiger partial charge in [-0.05, 0) is 42.4 Å². The molecule has 0 heterocycles. The summed E-state index contributed by atoms with van der Waals surface area (Å²) in [7, 11) is 0. The van der Waals surface area contributed by atoms with Crippen LogP contribution in [0.1, 0.15) is 32.3 Å². The highest BCUT2D eigenvalue weighted by atomic mass is 79.9. The van der Waals surface area contributed by atoms with E-state index in [1.54, 1.807) is 0 Å². The molecular formula is C14H17BrO2. The molecule has 1 fully saturated rings. The van der Waals surface area contributed by atoms with Gasteiger partial charge in [0.1, 0.15) is 0 Å². The van der Waals surface area contributed by atoms with E-state index in [-0.39, 0.29) is 0 Å². The molecule has 0 atom stereocenters. The van der Waals surface area contributed by atoms with E-state index in [9.17, 15) is 9.90 Å². The topological polar surface area (TPSA) is 37.3 Å². The van der Waals surface area contributed by atoms with Crippen molar-refractivity contribution in [2.45, 2.75) is 32.1 Å². The molecule has 0 aliphatic heterocycles. The predicted molar refractivity (Wildman–Crippen MR) is 71.0 cm³/mol. The van der Waals surface area contributed by atoms with Gasteiger partial charge in [0.15, 0.2) is 0 Å². The normalized spacial score (nSPS) is 27.9. The zero-order valence-electron chi connectivity index (χ0n) is 10.1. The maximum atomic E-state index is 11.5. The number of carboxylic acid groups (broad SMARTS) is 1. The number of carbonyl (C=O) groups is 1. The van der Waals surface area contributed by atoms with E-state index in [4.69, 9.17) is 0 Å². The molecule has 3 heteroatoms. The maximum Gasteiger partial charge on any atom is 0.314 e. The molecule has 0 amide bonds. The Labute approximate surface area is 110 Å². The van der Waals surface area contributed by atoms with E-state index in [2.05, 4.69) is 29.8 Å². The van der Waals surface area contributed by atoms with Crippen molar-refractivity contribution in [1.29, 1.82) is 0 Å². The zero-order valence-corrected chi connectivity index (χ0v) is 11.7. The summed E-state index contributed by atoms with van der Waals surface area (Å²) in [5, 5.41) is 9.49. The number of halogens is 1. The van der Waals surface area contributed by atoms with Crippen LogP contribution in [-0.2, 0) is 10.2 Å². The van der Waals surface area contributed by atoms with Crippen LogP contribution < -0.4 is 0 Å². The molecule has 1 aromatic carbocycles. The molecule has 0 unspecified atom stereocenters. The minimum atomic E-state index is -0.684. The predicted octanol–water partition coefficient (Wildman–Crippen LogP) is 3.84. The van der Waals surface area contributed by atoms with E-state index < -0.39 is 11.4 Å². The molecular weight excluding hydrogens is 280 g/mol. The summed E-state index contributed by atoms with van der Waals surface area (Å²) >= 11 is 3.38. The van der Waals surface area contributed by atoms with Gasteiger partial charge in [-0.3, -0.25) is 4.79 Å². The van der Waals surface area contributed by atoms with Crippen molar-refractivity contribution in [1.82, 2.24) is 0 Å². The first kappa shape index (κ1) is 12.6. The van der Waals surface area contributed by atoms with Crippen molar-refractivity contribution in [3.63, 3.8) is 0 Å². The Bertz CT molecular complexity index is 416. The van der Waals surface area contributed by atoms with Crippen molar-refractivity contribution in [3.8, 4) is 0 Å². The van der Waals surface area contributed by atoms with Gasteiger partial charge < -0.3 is 5.11 Å². The van der Waals surface area contributed by atoms with Crippen LogP contribution in [0.25, 0.3) is 0 Å². The van der Waals surface area contributed by atoms with Gasteiger partial charge in [0.2, 0.25) is 0 Å².